The summed E-state index contributed by atoms with van der Waals surface area (Å²) in [7, 11) is 5.12. The van der Waals surface area contributed by atoms with Crippen LogP contribution in [0.5, 0.6) is 0 Å². The van der Waals surface area contributed by atoms with Crippen molar-refractivity contribution in [1.29, 1.82) is 0 Å². The molecule has 0 aromatic heterocycles. The van der Waals surface area contributed by atoms with E-state index in [2.05, 4.69) is 0 Å². The van der Waals surface area contributed by atoms with Crippen LogP contribution in [0.15, 0.2) is 0 Å². The van der Waals surface area contributed by atoms with Gasteiger partial charge in [0.15, 0.2) is 18.7 Å². The third kappa shape index (κ3) is 9.54. The Hall–Kier alpha value is -1.34. The number of carbonyl (C=O) groups excluding carboxylic acids is 2. The normalized spacial score (nSPS) is 49.7. The zero-order valence-corrected chi connectivity index (χ0v) is 33.3. The fourth-order valence-electron chi connectivity index (χ4n) is 8.46. The minimum Gasteiger partial charge on any atom is -0.456 e. The standard InChI is InChI=1S/C37H67NO14/c1-17-15-35(8,45)31(52-34-27(41)24(38(11)12)14-18(2)48-34)20(4)28(50-25-16-36(9,47-13)30(43)23(7)49-25)21(5)33(44)51-32(22(6)39)37(10,46)29(42)19(3)26(17)40/h17-25,27-32,34,39,41-43,45-46H,14-16H2,1-13H3/t17-,18-,19+,20+,21-,22-,23+,24+,25+,27-,28?,29-,30+,31-,32-,34+,35-,36-,37+/m1/s1. The Balaban J connectivity index is 2.21. The number of hydrogen-bond donors (Lipinski definition) is 6. The first-order valence-corrected chi connectivity index (χ1v) is 18.5. The maximum Gasteiger partial charge on any atom is 0.311 e. The summed E-state index contributed by atoms with van der Waals surface area (Å²) in [5.74, 6) is -5.61. The van der Waals surface area contributed by atoms with Gasteiger partial charge in [0.05, 0.1) is 53.7 Å². The van der Waals surface area contributed by atoms with Gasteiger partial charge in [-0.15, -0.1) is 0 Å². The number of cyclic esters (lactones) is 1. The van der Waals surface area contributed by atoms with Crippen molar-refractivity contribution >= 4 is 11.8 Å². The van der Waals surface area contributed by atoms with Gasteiger partial charge in [-0.2, -0.15) is 0 Å². The largest absolute Gasteiger partial charge is 0.456 e. The molecular formula is C37H67NO14. The number of aliphatic hydroxyl groups excluding tert-OH is 4. The molecule has 52 heavy (non-hydrogen) atoms. The van der Waals surface area contributed by atoms with Crippen LogP contribution in [-0.2, 0) is 38.0 Å². The molecule has 0 aliphatic carbocycles. The highest BCUT2D eigenvalue weighted by atomic mass is 16.7. The van der Waals surface area contributed by atoms with Crippen LogP contribution >= 0.6 is 0 Å². The average Bonchev–Trinajstić information content (AvgIpc) is 3.05. The topological polar surface area (TPSA) is 214 Å². The Bertz CT molecular complexity index is 1200. The number of nitrogens with zero attached hydrogens (tertiary/aromatic N) is 1. The number of rotatable bonds is 7. The smallest absolute Gasteiger partial charge is 0.311 e. The molecule has 0 bridgehead atoms. The number of carbonyl (C=O) groups is 2. The Morgan fingerprint density at radius 2 is 1.48 bits per heavy atom. The van der Waals surface area contributed by atoms with Crippen LogP contribution in [0.4, 0.5) is 0 Å². The number of Topliss-reactive ketones (excluding diaryl/α,β-unsaturated/α-hetero) is 1. The summed E-state index contributed by atoms with van der Waals surface area (Å²) in [5.41, 5.74) is -5.20. The summed E-state index contributed by atoms with van der Waals surface area (Å²) < 4.78 is 36.8. The van der Waals surface area contributed by atoms with Crippen LogP contribution in [0, 0.1) is 23.7 Å². The van der Waals surface area contributed by atoms with Crippen molar-refractivity contribution in [2.75, 3.05) is 21.2 Å². The SMILES string of the molecule is CO[C@]1(C)C[C@H](OC2[C@@H](C)C(=O)O[C@H]([C@@H](C)O)[C@@](C)(O)[C@H](O)[C@@H](C)C(=O)[C@H](C)C[C@@](C)(O)[C@H](O[C@@H]3O[C@H](C)C[C@H](N(C)C)[C@H]3O)[C@H]2C)O[C@@H](C)[C@@H]1O. The predicted octanol–water partition coefficient (Wildman–Crippen LogP) is 0.756. The number of aliphatic hydroxyl groups is 6. The van der Waals surface area contributed by atoms with Gasteiger partial charge < -0.3 is 64.0 Å². The molecule has 0 spiro atoms. The van der Waals surface area contributed by atoms with Crippen molar-refractivity contribution in [3.63, 3.8) is 0 Å². The van der Waals surface area contributed by atoms with E-state index >= 15 is 0 Å². The Kier molecular flexibility index (Phi) is 14.9. The van der Waals surface area contributed by atoms with Crippen molar-refractivity contribution < 1.29 is 68.6 Å². The van der Waals surface area contributed by atoms with E-state index in [1.165, 1.54) is 41.7 Å². The molecule has 3 aliphatic rings. The van der Waals surface area contributed by atoms with Crippen molar-refractivity contribution in [1.82, 2.24) is 4.90 Å². The van der Waals surface area contributed by atoms with E-state index in [0.29, 0.717) is 6.42 Å². The molecule has 0 aromatic carbocycles. The molecule has 6 N–H and O–H groups in total. The van der Waals surface area contributed by atoms with Crippen LogP contribution in [0.2, 0.25) is 0 Å². The highest BCUT2D eigenvalue weighted by Gasteiger charge is 2.54. The van der Waals surface area contributed by atoms with E-state index in [9.17, 15) is 40.2 Å². The van der Waals surface area contributed by atoms with E-state index in [1.807, 2.05) is 25.9 Å². The van der Waals surface area contributed by atoms with Crippen molar-refractivity contribution in [2.24, 2.45) is 23.7 Å². The number of likely N-dealkylation sites (N-methyl/N-ethyl adjacent to an activating group) is 1. The number of esters is 1. The molecule has 19 atom stereocenters. The van der Waals surface area contributed by atoms with Gasteiger partial charge in [0, 0.05) is 37.3 Å². The van der Waals surface area contributed by atoms with Gasteiger partial charge in [-0.25, -0.2) is 0 Å². The lowest BCUT2D eigenvalue weighted by Crippen LogP contribution is -2.62. The molecular weight excluding hydrogens is 682 g/mol. The third-order valence-corrected chi connectivity index (χ3v) is 11.8. The van der Waals surface area contributed by atoms with Crippen molar-refractivity contribution in [3.05, 3.63) is 0 Å². The minimum absolute atomic E-state index is 0.0506. The monoisotopic (exact) mass is 749 g/mol. The summed E-state index contributed by atoms with van der Waals surface area (Å²) >= 11 is 0. The highest BCUT2D eigenvalue weighted by Crippen LogP contribution is 2.40. The number of methoxy groups -OCH3 is 1. The molecule has 3 rings (SSSR count). The van der Waals surface area contributed by atoms with E-state index in [4.69, 9.17) is 28.4 Å². The minimum atomic E-state index is -2.27. The van der Waals surface area contributed by atoms with E-state index in [-0.39, 0.29) is 25.0 Å². The molecule has 0 saturated carbocycles. The van der Waals surface area contributed by atoms with Gasteiger partial charge in [-0.05, 0) is 75.4 Å². The summed E-state index contributed by atoms with van der Waals surface area (Å²) in [6.45, 7) is 15.4. The lowest BCUT2D eigenvalue weighted by atomic mass is 9.74. The van der Waals surface area contributed by atoms with Gasteiger partial charge in [0.1, 0.15) is 23.6 Å². The van der Waals surface area contributed by atoms with Crippen LogP contribution in [0.25, 0.3) is 0 Å². The molecule has 3 aliphatic heterocycles. The van der Waals surface area contributed by atoms with Crippen LogP contribution < -0.4 is 0 Å². The maximum absolute atomic E-state index is 14.1. The van der Waals surface area contributed by atoms with Crippen molar-refractivity contribution in [3.8, 4) is 0 Å². The molecule has 3 fully saturated rings. The van der Waals surface area contributed by atoms with Gasteiger partial charge in [0.25, 0.3) is 0 Å². The summed E-state index contributed by atoms with van der Waals surface area (Å²) in [6.07, 6.45) is -12.4. The summed E-state index contributed by atoms with van der Waals surface area (Å²) in [6, 6.07) is -0.350. The molecule has 1 unspecified atom stereocenters. The fraction of sp³-hybridized carbons (Fsp3) is 0.946. The first-order valence-electron chi connectivity index (χ1n) is 18.5. The second-order valence-corrected chi connectivity index (χ2v) is 16.7. The first kappa shape index (κ1) is 45.1. The Labute approximate surface area is 308 Å². The second-order valence-electron chi connectivity index (χ2n) is 16.7. The maximum atomic E-state index is 14.1. The lowest BCUT2D eigenvalue weighted by molar-refractivity contribution is -0.318. The summed E-state index contributed by atoms with van der Waals surface area (Å²) in [5, 5.41) is 68.4. The lowest BCUT2D eigenvalue weighted by Gasteiger charge is -2.49. The van der Waals surface area contributed by atoms with E-state index in [1.54, 1.807) is 27.7 Å². The average molecular weight is 750 g/mol. The molecule has 15 nitrogen and oxygen atoms in total. The highest BCUT2D eigenvalue weighted by molar-refractivity contribution is 5.83. The zero-order valence-electron chi connectivity index (χ0n) is 33.3. The molecule has 0 aromatic rings. The van der Waals surface area contributed by atoms with Crippen LogP contribution in [0.1, 0.15) is 88.5 Å². The zero-order chi connectivity index (χ0) is 39.8. The van der Waals surface area contributed by atoms with Gasteiger partial charge in [-0.1, -0.05) is 20.8 Å². The molecule has 3 saturated heterocycles. The molecule has 0 amide bonds. The fourth-order valence-corrected chi connectivity index (χ4v) is 8.46. The van der Waals surface area contributed by atoms with Gasteiger partial charge in [0.2, 0.25) is 0 Å². The molecule has 304 valence electrons. The Morgan fingerprint density at radius 1 is 0.885 bits per heavy atom. The molecule has 0 radical (unpaired) electrons. The first-order chi connectivity index (χ1) is 23.8. The van der Waals surface area contributed by atoms with E-state index in [0.717, 1.165) is 0 Å². The van der Waals surface area contributed by atoms with Crippen molar-refractivity contribution in [2.45, 2.75) is 179 Å². The van der Waals surface area contributed by atoms with Crippen LogP contribution in [0.3, 0.4) is 0 Å². The summed E-state index contributed by atoms with van der Waals surface area (Å²) in [4.78, 5) is 29.8. The predicted molar refractivity (Wildman–Crippen MR) is 188 cm³/mol. The molecule has 15 heteroatoms. The number of ether oxygens (including phenoxy) is 6. The third-order valence-electron chi connectivity index (χ3n) is 11.8. The van der Waals surface area contributed by atoms with Gasteiger partial charge >= 0.3 is 5.97 Å². The Morgan fingerprint density at radius 3 is 2.02 bits per heavy atom. The number of ketones is 1. The number of hydrogen-bond acceptors (Lipinski definition) is 15. The van der Waals surface area contributed by atoms with Crippen LogP contribution in [-0.4, -0.2) is 159 Å². The quantitative estimate of drug-likeness (QED) is 0.198. The van der Waals surface area contributed by atoms with E-state index < -0.39 is 114 Å². The second kappa shape index (κ2) is 17.2. The van der Waals surface area contributed by atoms with Gasteiger partial charge in [-0.3, -0.25) is 9.59 Å². The molecule has 3 heterocycles.